The highest BCUT2D eigenvalue weighted by Gasteiger charge is 2.32. The van der Waals surface area contributed by atoms with E-state index in [1.54, 1.807) is 6.92 Å². The highest BCUT2D eigenvalue weighted by atomic mass is 16.4. The lowest BCUT2D eigenvalue weighted by Gasteiger charge is -2.26. The molecule has 2 amide bonds. The predicted octanol–water partition coefficient (Wildman–Crippen LogP) is -0.687. The molecule has 0 aliphatic carbocycles. The molecule has 9 heteroatoms. The summed E-state index contributed by atoms with van der Waals surface area (Å²) >= 11 is 0. The van der Waals surface area contributed by atoms with Gasteiger partial charge in [0.25, 0.3) is 0 Å². The first-order valence-electron chi connectivity index (χ1n) is 8.05. The molecule has 1 aliphatic heterocycles. The highest BCUT2D eigenvalue weighted by Crippen LogP contribution is 2.11. The van der Waals surface area contributed by atoms with Crippen LogP contribution < -0.4 is 16.0 Å². The second-order valence-corrected chi connectivity index (χ2v) is 6.02. The number of hydrogen-bond donors (Lipinski definition) is 5. The van der Waals surface area contributed by atoms with Gasteiger partial charge in [0.05, 0.1) is 12.5 Å². The Morgan fingerprint density at radius 2 is 1.88 bits per heavy atom. The predicted molar refractivity (Wildman–Crippen MR) is 84.2 cm³/mol. The Kier molecular flexibility index (Phi) is 7.63. The topological polar surface area (TPSA) is 145 Å². The van der Waals surface area contributed by atoms with Gasteiger partial charge >= 0.3 is 11.9 Å². The average molecular weight is 343 g/mol. The Balaban J connectivity index is 2.78. The van der Waals surface area contributed by atoms with Crippen LogP contribution in [0.15, 0.2) is 0 Å². The Hall–Kier alpha value is -2.16. The van der Waals surface area contributed by atoms with Gasteiger partial charge in [-0.15, -0.1) is 0 Å². The van der Waals surface area contributed by atoms with Gasteiger partial charge in [0.1, 0.15) is 12.1 Å². The lowest BCUT2D eigenvalue weighted by Crippen LogP contribution is -2.56. The molecule has 0 spiro atoms. The molecular weight excluding hydrogens is 318 g/mol. The van der Waals surface area contributed by atoms with Crippen molar-refractivity contribution in [2.75, 3.05) is 6.54 Å². The van der Waals surface area contributed by atoms with Crippen molar-refractivity contribution in [3.8, 4) is 0 Å². The summed E-state index contributed by atoms with van der Waals surface area (Å²) in [6.07, 6.45) is 1.41. The SMILES string of the molecule is CC[C@H](C)[C@H](NC(=O)[C@@H]1CCCN1)C(=O)N[C@@H](CC(=O)O)C(=O)O. The van der Waals surface area contributed by atoms with E-state index in [1.165, 1.54) is 0 Å². The van der Waals surface area contributed by atoms with Crippen LogP contribution in [0.1, 0.15) is 39.5 Å². The van der Waals surface area contributed by atoms with Crippen LogP contribution in [0.25, 0.3) is 0 Å². The molecule has 0 unspecified atom stereocenters. The average Bonchev–Trinajstić information content (AvgIpc) is 3.04. The first-order valence-corrected chi connectivity index (χ1v) is 8.05. The Labute approximate surface area is 140 Å². The lowest BCUT2D eigenvalue weighted by molar-refractivity contribution is -0.147. The summed E-state index contributed by atoms with van der Waals surface area (Å²) in [6.45, 7) is 4.34. The van der Waals surface area contributed by atoms with Crippen LogP contribution in [-0.4, -0.2) is 58.6 Å². The van der Waals surface area contributed by atoms with E-state index in [4.69, 9.17) is 10.2 Å². The molecule has 0 aromatic rings. The summed E-state index contributed by atoms with van der Waals surface area (Å²) in [5.74, 6) is -3.99. The largest absolute Gasteiger partial charge is 0.481 e. The van der Waals surface area contributed by atoms with Crippen LogP contribution in [0.4, 0.5) is 0 Å². The quantitative estimate of drug-likeness (QED) is 0.373. The van der Waals surface area contributed by atoms with Crippen molar-refractivity contribution in [1.82, 2.24) is 16.0 Å². The molecule has 1 heterocycles. The Bertz CT molecular complexity index is 490. The number of carbonyl (C=O) groups excluding carboxylic acids is 2. The first-order chi connectivity index (χ1) is 11.3. The maximum absolute atomic E-state index is 12.4. The van der Waals surface area contributed by atoms with Gasteiger partial charge in [-0.3, -0.25) is 14.4 Å². The fraction of sp³-hybridized carbons (Fsp3) is 0.733. The third-order valence-corrected chi connectivity index (χ3v) is 4.16. The number of carboxylic acids is 2. The molecule has 0 radical (unpaired) electrons. The lowest BCUT2D eigenvalue weighted by atomic mass is 9.97. The third-order valence-electron chi connectivity index (χ3n) is 4.16. The number of rotatable bonds is 9. The Morgan fingerprint density at radius 3 is 2.33 bits per heavy atom. The van der Waals surface area contributed by atoms with Gasteiger partial charge < -0.3 is 26.2 Å². The van der Waals surface area contributed by atoms with Gasteiger partial charge in [-0.1, -0.05) is 20.3 Å². The van der Waals surface area contributed by atoms with Gasteiger partial charge in [-0.25, -0.2) is 4.79 Å². The van der Waals surface area contributed by atoms with E-state index < -0.39 is 36.4 Å². The number of nitrogens with one attached hydrogen (secondary N) is 3. The maximum Gasteiger partial charge on any atom is 0.326 e. The third kappa shape index (κ3) is 5.80. The minimum atomic E-state index is -1.54. The molecule has 0 bridgehead atoms. The van der Waals surface area contributed by atoms with Gasteiger partial charge in [0.15, 0.2) is 0 Å². The van der Waals surface area contributed by atoms with E-state index in [9.17, 15) is 19.2 Å². The minimum absolute atomic E-state index is 0.227. The normalized spacial score (nSPS) is 20.7. The van der Waals surface area contributed by atoms with E-state index in [2.05, 4.69) is 16.0 Å². The summed E-state index contributed by atoms with van der Waals surface area (Å²) < 4.78 is 0. The fourth-order valence-electron chi connectivity index (χ4n) is 2.50. The van der Waals surface area contributed by atoms with Gasteiger partial charge in [0.2, 0.25) is 11.8 Å². The molecule has 136 valence electrons. The van der Waals surface area contributed by atoms with Crippen LogP contribution in [0.2, 0.25) is 0 Å². The zero-order valence-corrected chi connectivity index (χ0v) is 13.9. The van der Waals surface area contributed by atoms with E-state index in [-0.39, 0.29) is 17.9 Å². The summed E-state index contributed by atoms with van der Waals surface area (Å²) in [4.78, 5) is 46.4. The molecule has 0 aromatic carbocycles. The summed E-state index contributed by atoms with van der Waals surface area (Å²) in [6, 6.07) is -2.82. The molecule has 1 saturated heterocycles. The molecule has 1 rings (SSSR count). The van der Waals surface area contributed by atoms with Crippen LogP contribution in [0.5, 0.6) is 0 Å². The van der Waals surface area contributed by atoms with E-state index >= 15 is 0 Å². The van der Waals surface area contributed by atoms with Crippen LogP contribution in [0, 0.1) is 5.92 Å². The molecule has 0 aromatic heterocycles. The highest BCUT2D eigenvalue weighted by molar-refractivity contribution is 5.93. The van der Waals surface area contributed by atoms with Crippen LogP contribution in [-0.2, 0) is 19.2 Å². The van der Waals surface area contributed by atoms with Gasteiger partial charge in [-0.05, 0) is 25.3 Å². The molecule has 5 N–H and O–H groups in total. The van der Waals surface area contributed by atoms with E-state index in [0.29, 0.717) is 12.8 Å². The van der Waals surface area contributed by atoms with E-state index in [1.807, 2.05) is 6.92 Å². The zero-order chi connectivity index (χ0) is 18.3. The smallest absolute Gasteiger partial charge is 0.326 e. The molecule has 4 atom stereocenters. The molecule has 24 heavy (non-hydrogen) atoms. The van der Waals surface area contributed by atoms with Crippen molar-refractivity contribution >= 4 is 23.8 Å². The number of aliphatic carboxylic acids is 2. The second-order valence-electron chi connectivity index (χ2n) is 6.02. The standard InChI is InChI=1S/C15H25N3O6/c1-3-8(2)12(18-13(21)9-5-4-6-16-9)14(22)17-10(15(23)24)7-11(19)20/h8-10,12,16H,3-7H2,1-2H3,(H,17,22)(H,18,21)(H,19,20)(H,23,24)/t8-,9-,10-,12-/m0/s1. The maximum atomic E-state index is 12.4. The molecular formula is C15H25N3O6. The summed E-state index contributed by atoms with van der Waals surface area (Å²) in [5, 5.41) is 25.6. The number of amides is 2. The number of hydrogen-bond acceptors (Lipinski definition) is 5. The van der Waals surface area contributed by atoms with Crippen molar-refractivity contribution in [3.63, 3.8) is 0 Å². The van der Waals surface area contributed by atoms with Gasteiger partial charge in [0, 0.05) is 0 Å². The summed E-state index contributed by atoms with van der Waals surface area (Å²) in [7, 11) is 0. The monoisotopic (exact) mass is 343 g/mol. The van der Waals surface area contributed by atoms with Crippen molar-refractivity contribution in [2.24, 2.45) is 5.92 Å². The fourth-order valence-corrected chi connectivity index (χ4v) is 2.50. The van der Waals surface area contributed by atoms with Crippen LogP contribution in [0.3, 0.4) is 0 Å². The van der Waals surface area contributed by atoms with Crippen molar-refractivity contribution in [3.05, 3.63) is 0 Å². The first kappa shape index (κ1) is 19.9. The van der Waals surface area contributed by atoms with Crippen molar-refractivity contribution in [2.45, 2.75) is 57.7 Å². The minimum Gasteiger partial charge on any atom is -0.481 e. The second kappa shape index (κ2) is 9.21. The zero-order valence-electron chi connectivity index (χ0n) is 13.9. The molecule has 1 aliphatic rings. The molecule has 9 nitrogen and oxygen atoms in total. The molecule has 1 fully saturated rings. The van der Waals surface area contributed by atoms with Crippen molar-refractivity contribution in [1.29, 1.82) is 0 Å². The molecule has 0 saturated carbocycles. The number of carboxylic acid groups (broad SMARTS) is 2. The van der Waals surface area contributed by atoms with Crippen LogP contribution >= 0.6 is 0 Å². The van der Waals surface area contributed by atoms with E-state index in [0.717, 1.165) is 13.0 Å². The van der Waals surface area contributed by atoms with Crippen molar-refractivity contribution < 1.29 is 29.4 Å². The van der Waals surface area contributed by atoms with Gasteiger partial charge in [-0.2, -0.15) is 0 Å². The Morgan fingerprint density at radius 1 is 1.21 bits per heavy atom. The number of carbonyl (C=O) groups is 4. The summed E-state index contributed by atoms with van der Waals surface area (Å²) in [5.41, 5.74) is 0.